The Labute approximate surface area is 163 Å². The molecule has 0 atom stereocenters. The molecule has 0 amide bonds. The lowest BCUT2D eigenvalue weighted by Crippen LogP contribution is -3.00. The summed E-state index contributed by atoms with van der Waals surface area (Å²) in [6.07, 6.45) is 0.809. The zero-order valence-corrected chi connectivity index (χ0v) is 17.0. The number of nitrogens with two attached hydrogens (primary N) is 1. The van der Waals surface area contributed by atoms with Crippen molar-refractivity contribution in [1.82, 2.24) is 5.32 Å². The summed E-state index contributed by atoms with van der Waals surface area (Å²) in [5, 5.41) is 8.45. The van der Waals surface area contributed by atoms with Crippen molar-refractivity contribution >= 4 is 26.0 Å². The molecule has 2 aromatic rings. The van der Waals surface area contributed by atoms with Crippen molar-refractivity contribution in [3.8, 4) is 5.75 Å². The fourth-order valence-corrected chi connectivity index (χ4v) is 3.29. The largest absolute Gasteiger partial charge is 1.00 e. The van der Waals surface area contributed by atoms with Crippen molar-refractivity contribution in [2.45, 2.75) is 24.8 Å². The van der Waals surface area contributed by atoms with Gasteiger partial charge in [-0.3, -0.25) is 0 Å². The van der Waals surface area contributed by atoms with Gasteiger partial charge in [0, 0.05) is 6.54 Å². The first-order valence-corrected chi connectivity index (χ1v) is 9.97. The van der Waals surface area contributed by atoms with E-state index in [4.69, 9.17) is 9.88 Å². The van der Waals surface area contributed by atoms with E-state index in [0.29, 0.717) is 6.61 Å². The molecule has 0 unspecified atom stereocenters. The Morgan fingerprint density at radius 3 is 2.32 bits per heavy atom. The number of primary sulfonamides is 1. The van der Waals surface area contributed by atoms with Gasteiger partial charge in [0.2, 0.25) is 10.0 Å². The first-order chi connectivity index (χ1) is 11.4. The predicted molar refractivity (Wildman–Crippen MR) is 98.5 cm³/mol. The standard InChI is InChI=1S/C17H21BrN2O3S.ClH/c1-2-23-17-8-5-14(11-16(17)18)12-20-10-9-13-3-6-15(7-4-13)24(19,21)22;/h3-8,11,20H,2,9-10,12H2,1H3,(H2,19,21,22);1H/p-1. The van der Waals surface area contributed by atoms with Crippen LogP contribution < -0.4 is 27.6 Å². The average molecular weight is 449 g/mol. The van der Waals surface area contributed by atoms with Crippen LogP contribution >= 0.6 is 15.9 Å². The van der Waals surface area contributed by atoms with E-state index in [-0.39, 0.29) is 17.3 Å². The molecular formula is C17H21BrClN2O3S-. The van der Waals surface area contributed by atoms with E-state index in [1.165, 1.54) is 12.1 Å². The molecule has 0 aromatic heterocycles. The quantitative estimate of drug-likeness (QED) is 0.550. The van der Waals surface area contributed by atoms with Gasteiger partial charge in [-0.1, -0.05) is 18.2 Å². The fraction of sp³-hybridized carbons (Fsp3) is 0.294. The van der Waals surface area contributed by atoms with E-state index in [1.54, 1.807) is 12.1 Å². The van der Waals surface area contributed by atoms with Gasteiger partial charge in [0.05, 0.1) is 16.0 Å². The molecule has 2 rings (SSSR count). The van der Waals surface area contributed by atoms with Crippen LogP contribution in [0.3, 0.4) is 0 Å². The van der Waals surface area contributed by atoms with Crippen LogP contribution in [-0.2, 0) is 23.0 Å². The molecule has 0 heterocycles. The summed E-state index contributed by atoms with van der Waals surface area (Å²) >= 11 is 3.50. The van der Waals surface area contributed by atoms with Crippen LogP contribution in [0, 0.1) is 0 Å². The first-order valence-electron chi connectivity index (χ1n) is 7.64. The van der Waals surface area contributed by atoms with Crippen LogP contribution in [0.25, 0.3) is 0 Å². The van der Waals surface area contributed by atoms with Crippen molar-refractivity contribution < 1.29 is 25.6 Å². The smallest absolute Gasteiger partial charge is 0.238 e. The number of hydrogen-bond acceptors (Lipinski definition) is 4. The molecule has 8 heteroatoms. The minimum atomic E-state index is -3.62. The van der Waals surface area contributed by atoms with E-state index >= 15 is 0 Å². The van der Waals surface area contributed by atoms with Crippen molar-refractivity contribution in [1.29, 1.82) is 0 Å². The van der Waals surface area contributed by atoms with Crippen molar-refractivity contribution in [3.05, 3.63) is 58.1 Å². The number of ether oxygens (including phenoxy) is 1. The van der Waals surface area contributed by atoms with Gasteiger partial charge >= 0.3 is 0 Å². The summed E-state index contributed by atoms with van der Waals surface area (Å²) in [5.74, 6) is 0.844. The van der Waals surface area contributed by atoms with E-state index in [1.807, 2.05) is 25.1 Å². The minimum absolute atomic E-state index is 0. The number of nitrogens with one attached hydrogen (secondary N) is 1. The van der Waals surface area contributed by atoms with Gasteiger partial charge in [-0.25, -0.2) is 13.6 Å². The first kappa shape index (κ1) is 21.9. The molecule has 0 saturated heterocycles. The highest BCUT2D eigenvalue weighted by atomic mass is 79.9. The van der Waals surface area contributed by atoms with E-state index in [9.17, 15) is 8.42 Å². The molecule has 138 valence electrons. The SMILES string of the molecule is CCOc1ccc(CNCCc2ccc(S(N)(=O)=O)cc2)cc1Br.[Cl-]. The molecule has 0 saturated carbocycles. The zero-order valence-electron chi connectivity index (χ0n) is 13.8. The van der Waals surface area contributed by atoms with Crippen molar-refractivity contribution in [3.63, 3.8) is 0 Å². The summed E-state index contributed by atoms with van der Waals surface area (Å²) < 4.78 is 28.8. The molecule has 3 N–H and O–H groups in total. The van der Waals surface area contributed by atoms with Crippen LogP contribution in [0.2, 0.25) is 0 Å². The maximum absolute atomic E-state index is 11.2. The third-order valence-corrected chi connectivity index (χ3v) is 5.02. The molecular weight excluding hydrogens is 428 g/mol. The number of rotatable bonds is 8. The summed E-state index contributed by atoms with van der Waals surface area (Å²) in [4.78, 5) is 0.137. The van der Waals surface area contributed by atoms with Gasteiger partial charge < -0.3 is 22.5 Å². The Kier molecular flexibility index (Phi) is 8.88. The second-order valence-electron chi connectivity index (χ2n) is 5.31. The highest BCUT2D eigenvalue weighted by Crippen LogP contribution is 2.25. The molecule has 25 heavy (non-hydrogen) atoms. The fourth-order valence-electron chi connectivity index (χ4n) is 2.24. The number of hydrogen-bond donors (Lipinski definition) is 2. The molecule has 0 aliphatic heterocycles. The molecule has 5 nitrogen and oxygen atoms in total. The Morgan fingerprint density at radius 2 is 1.76 bits per heavy atom. The Balaban J connectivity index is 0.00000312. The van der Waals surface area contributed by atoms with E-state index < -0.39 is 10.0 Å². The molecule has 0 fully saturated rings. The zero-order chi connectivity index (χ0) is 17.6. The van der Waals surface area contributed by atoms with Crippen molar-refractivity contribution in [2.24, 2.45) is 5.14 Å². The van der Waals surface area contributed by atoms with E-state index in [2.05, 4.69) is 21.2 Å². The normalized spacial score (nSPS) is 11.0. The van der Waals surface area contributed by atoms with Gasteiger partial charge in [0.15, 0.2) is 0 Å². The van der Waals surface area contributed by atoms with Gasteiger partial charge in [-0.05, 0) is 71.2 Å². The maximum atomic E-state index is 11.2. The van der Waals surface area contributed by atoms with Gasteiger partial charge in [-0.15, -0.1) is 0 Å². The average Bonchev–Trinajstić information content (AvgIpc) is 2.54. The molecule has 0 bridgehead atoms. The maximum Gasteiger partial charge on any atom is 0.238 e. The Morgan fingerprint density at radius 1 is 1.12 bits per heavy atom. The van der Waals surface area contributed by atoms with Gasteiger partial charge in [-0.2, -0.15) is 0 Å². The van der Waals surface area contributed by atoms with E-state index in [0.717, 1.165) is 40.9 Å². The number of benzene rings is 2. The molecule has 0 spiro atoms. The second-order valence-corrected chi connectivity index (χ2v) is 7.73. The van der Waals surface area contributed by atoms with Crippen LogP contribution in [0.4, 0.5) is 0 Å². The lowest BCUT2D eigenvalue weighted by Gasteiger charge is -2.09. The minimum Gasteiger partial charge on any atom is -1.00 e. The van der Waals surface area contributed by atoms with Crippen LogP contribution in [0.15, 0.2) is 51.8 Å². The second kappa shape index (κ2) is 10.1. The summed E-state index contributed by atoms with van der Waals surface area (Å²) in [7, 11) is -3.62. The highest BCUT2D eigenvalue weighted by Gasteiger charge is 2.06. The van der Waals surface area contributed by atoms with Crippen LogP contribution in [0.5, 0.6) is 5.75 Å². The predicted octanol–water partition coefficient (Wildman–Crippen LogP) is -0.168. The summed E-state index contributed by atoms with van der Waals surface area (Å²) in [5.41, 5.74) is 2.22. The lowest BCUT2D eigenvalue weighted by atomic mass is 10.1. The van der Waals surface area contributed by atoms with Crippen molar-refractivity contribution in [2.75, 3.05) is 13.2 Å². The molecule has 0 aliphatic carbocycles. The summed E-state index contributed by atoms with van der Waals surface area (Å²) in [6, 6.07) is 12.7. The third kappa shape index (κ3) is 6.95. The molecule has 0 radical (unpaired) electrons. The monoisotopic (exact) mass is 447 g/mol. The third-order valence-electron chi connectivity index (χ3n) is 3.47. The lowest BCUT2D eigenvalue weighted by molar-refractivity contribution is -0.00000802. The molecule has 0 aliphatic rings. The molecule has 2 aromatic carbocycles. The van der Waals surface area contributed by atoms with Gasteiger partial charge in [0.25, 0.3) is 0 Å². The topological polar surface area (TPSA) is 81.4 Å². The Bertz CT molecular complexity index is 783. The van der Waals surface area contributed by atoms with Crippen LogP contribution in [-0.4, -0.2) is 21.6 Å². The number of sulfonamides is 1. The number of halogens is 2. The van der Waals surface area contributed by atoms with Gasteiger partial charge in [0.1, 0.15) is 5.75 Å². The van der Waals surface area contributed by atoms with Crippen LogP contribution in [0.1, 0.15) is 18.1 Å². The Hall–Kier alpha value is -1.12. The highest BCUT2D eigenvalue weighted by molar-refractivity contribution is 9.10. The summed E-state index contributed by atoms with van der Waals surface area (Å²) in [6.45, 7) is 4.14.